The quantitative estimate of drug-likeness (QED) is 0.463. The number of benzene rings is 1. The van der Waals surface area contributed by atoms with Crippen LogP contribution in [0.3, 0.4) is 0 Å². The Hall–Kier alpha value is -1.97. The normalized spacial score (nSPS) is 15.4. The van der Waals surface area contributed by atoms with Crippen molar-refractivity contribution in [2.24, 2.45) is 0 Å². The lowest BCUT2D eigenvalue weighted by Crippen LogP contribution is -2.36. The second-order valence-corrected chi connectivity index (χ2v) is 8.58. The first kappa shape index (κ1) is 19.8. The summed E-state index contributed by atoms with van der Waals surface area (Å²) in [5, 5.41) is 13.0. The molecular weight excluding hydrogens is 424 g/mol. The molecule has 1 amide bonds. The predicted molar refractivity (Wildman–Crippen MR) is 110 cm³/mol. The minimum absolute atomic E-state index is 0.0636. The van der Waals surface area contributed by atoms with E-state index in [9.17, 15) is 10.1 Å². The summed E-state index contributed by atoms with van der Waals surface area (Å²) in [6.45, 7) is 2.04. The zero-order valence-corrected chi connectivity index (χ0v) is 17.5. The molecule has 140 valence electrons. The molecule has 1 N–H and O–H groups in total. The number of hydrogen-bond donors (Lipinski definition) is 1. The van der Waals surface area contributed by atoms with Crippen LogP contribution in [-0.4, -0.2) is 11.9 Å². The Bertz CT molecular complexity index is 875. The molecule has 1 aromatic carbocycles. The molecule has 0 spiro atoms. The van der Waals surface area contributed by atoms with Crippen LogP contribution in [0.25, 0.3) is 6.08 Å². The Kier molecular flexibility index (Phi) is 6.81. The van der Waals surface area contributed by atoms with Crippen molar-refractivity contribution in [1.29, 1.82) is 5.26 Å². The standard InChI is InChI=1S/C21H21BrN2O2S/c1-14-7-9-18(10-8-14)27-21-19(22)12-17(26-21)11-15(13-23)20(25)24-16-5-3-2-4-6-16/h7-12,16H,2-6H2,1H3,(H,24,25)/b15-11-. The second kappa shape index (κ2) is 9.29. The minimum atomic E-state index is -0.329. The van der Waals surface area contributed by atoms with Gasteiger partial charge in [0.25, 0.3) is 5.91 Å². The van der Waals surface area contributed by atoms with E-state index < -0.39 is 0 Å². The highest BCUT2D eigenvalue weighted by Gasteiger charge is 2.19. The number of nitrogens with one attached hydrogen (secondary N) is 1. The first-order valence-electron chi connectivity index (χ1n) is 9.01. The Morgan fingerprint density at radius 3 is 2.67 bits per heavy atom. The molecule has 27 heavy (non-hydrogen) atoms. The molecule has 0 radical (unpaired) electrons. The monoisotopic (exact) mass is 444 g/mol. The van der Waals surface area contributed by atoms with Gasteiger partial charge in [0.15, 0.2) is 5.09 Å². The van der Waals surface area contributed by atoms with Crippen molar-refractivity contribution in [3.05, 3.63) is 51.7 Å². The zero-order chi connectivity index (χ0) is 19.2. The largest absolute Gasteiger partial charge is 0.449 e. The smallest absolute Gasteiger partial charge is 0.262 e. The lowest BCUT2D eigenvalue weighted by molar-refractivity contribution is -0.117. The molecular formula is C21H21BrN2O2S. The van der Waals surface area contributed by atoms with Crippen molar-refractivity contribution < 1.29 is 9.21 Å². The Morgan fingerprint density at radius 1 is 1.30 bits per heavy atom. The summed E-state index contributed by atoms with van der Waals surface area (Å²) in [7, 11) is 0. The van der Waals surface area contributed by atoms with E-state index in [1.165, 1.54) is 29.8 Å². The van der Waals surface area contributed by atoms with E-state index in [0.717, 1.165) is 35.1 Å². The van der Waals surface area contributed by atoms with Crippen molar-refractivity contribution in [1.82, 2.24) is 5.32 Å². The maximum absolute atomic E-state index is 12.4. The number of nitriles is 1. The summed E-state index contributed by atoms with van der Waals surface area (Å²) in [6, 6.07) is 12.1. The highest BCUT2D eigenvalue weighted by Crippen LogP contribution is 2.36. The molecule has 1 saturated carbocycles. The SMILES string of the molecule is Cc1ccc(Sc2oc(/C=C(/C#N)C(=O)NC3CCCCC3)cc2Br)cc1. The zero-order valence-electron chi connectivity index (χ0n) is 15.1. The van der Waals surface area contributed by atoms with Crippen LogP contribution in [0.15, 0.2) is 54.8 Å². The number of aryl methyl sites for hydroxylation is 1. The molecule has 1 aliphatic rings. The molecule has 1 aromatic heterocycles. The van der Waals surface area contributed by atoms with Crippen LogP contribution in [0, 0.1) is 18.3 Å². The predicted octanol–water partition coefficient (Wildman–Crippen LogP) is 5.86. The van der Waals surface area contributed by atoms with Crippen molar-refractivity contribution in [3.63, 3.8) is 0 Å². The van der Waals surface area contributed by atoms with Crippen LogP contribution in [0.1, 0.15) is 43.4 Å². The Labute approximate surface area is 172 Å². The molecule has 0 bridgehead atoms. The average Bonchev–Trinajstić information content (AvgIpc) is 3.01. The number of hydrogen-bond acceptors (Lipinski definition) is 4. The van der Waals surface area contributed by atoms with Crippen LogP contribution in [0.4, 0.5) is 0 Å². The molecule has 0 saturated heterocycles. The van der Waals surface area contributed by atoms with E-state index in [4.69, 9.17) is 4.42 Å². The van der Waals surface area contributed by atoms with Gasteiger partial charge in [-0.15, -0.1) is 0 Å². The van der Waals surface area contributed by atoms with E-state index in [2.05, 4.69) is 21.2 Å². The number of nitrogens with zero attached hydrogens (tertiary/aromatic N) is 1. The average molecular weight is 445 g/mol. The topological polar surface area (TPSA) is 66.0 Å². The highest BCUT2D eigenvalue weighted by molar-refractivity contribution is 9.10. The van der Waals surface area contributed by atoms with E-state index in [-0.39, 0.29) is 17.5 Å². The summed E-state index contributed by atoms with van der Waals surface area (Å²) in [5.74, 6) is 0.150. The second-order valence-electron chi connectivity index (χ2n) is 6.68. The van der Waals surface area contributed by atoms with Gasteiger partial charge in [0.2, 0.25) is 0 Å². The number of amides is 1. The number of carbonyl (C=O) groups excluding carboxylic acids is 1. The molecule has 0 unspecified atom stereocenters. The molecule has 1 aliphatic carbocycles. The van der Waals surface area contributed by atoms with E-state index in [1.54, 1.807) is 6.07 Å². The maximum atomic E-state index is 12.4. The number of rotatable bonds is 5. The first-order chi connectivity index (χ1) is 13.0. The molecule has 1 fully saturated rings. The van der Waals surface area contributed by atoms with Crippen molar-refractivity contribution in [2.45, 2.75) is 55.1 Å². The lowest BCUT2D eigenvalue weighted by atomic mass is 9.95. The number of furan rings is 1. The van der Waals surface area contributed by atoms with Gasteiger partial charge < -0.3 is 9.73 Å². The fraction of sp³-hybridized carbons (Fsp3) is 0.333. The molecule has 4 nitrogen and oxygen atoms in total. The molecule has 0 atom stereocenters. The van der Waals surface area contributed by atoms with Gasteiger partial charge in [0, 0.05) is 17.0 Å². The van der Waals surface area contributed by atoms with E-state index in [1.807, 2.05) is 37.3 Å². The molecule has 1 heterocycles. The third kappa shape index (κ3) is 5.50. The van der Waals surface area contributed by atoms with Crippen molar-refractivity contribution in [3.8, 4) is 6.07 Å². The Balaban J connectivity index is 1.71. The summed E-state index contributed by atoms with van der Waals surface area (Å²) in [4.78, 5) is 13.5. The van der Waals surface area contributed by atoms with Crippen LogP contribution >= 0.6 is 27.7 Å². The minimum Gasteiger partial charge on any atom is -0.449 e. The number of halogens is 1. The summed E-state index contributed by atoms with van der Waals surface area (Å²) in [5.41, 5.74) is 1.26. The van der Waals surface area contributed by atoms with Gasteiger partial charge in [0.05, 0.1) is 4.47 Å². The van der Waals surface area contributed by atoms with Crippen LogP contribution in [-0.2, 0) is 4.79 Å². The Morgan fingerprint density at radius 2 is 2.00 bits per heavy atom. The van der Waals surface area contributed by atoms with Gasteiger partial charge in [-0.05, 0) is 53.9 Å². The summed E-state index contributed by atoms with van der Waals surface area (Å²) >= 11 is 4.98. The van der Waals surface area contributed by atoms with Crippen LogP contribution in [0.5, 0.6) is 0 Å². The summed E-state index contributed by atoms with van der Waals surface area (Å²) < 4.78 is 6.63. The van der Waals surface area contributed by atoms with Gasteiger partial charge in [-0.1, -0.05) is 48.7 Å². The molecule has 2 aromatic rings. The summed E-state index contributed by atoms with van der Waals surface area (Å²) in [6.07, 6.45) is 6.93. The van der Waals surface area contributed by atoms with Gasteiger partial charge in [-0.3, -0.25) is 4.79 Å². The van der Waals surface area contributed by atoms with Gasteiger partial charge in [-0.25, -0.2) is 0 Å². The van der Waals surface area contributed by atoms with Gasteiger partial charge in [0.1, 0.15) is 17.4 Å². The molecule has 3 rings (SSSR count). The van der Waals surface area contributed by atoms with E-state index >= 15 is 0 Å². The lowest BCUT2D eigenvalue weighted by Gasteiger charge is -2.22. The first-order valence-corrected chi connectivity index (χ1v) is 10.6. The van der Waals surface area contributed by atoms with Crippen molar-refractivity contribution >= 4 is 39.7 Å². The van der Waals surface area contributed by atoms with Gasteiger partial charge >= 0.3 is 0 Å². The van der Waals surface area contributed by atoms with Gasteiger partial charge in [-0.2, -0.15) is 5.26 Å². The fourth-order valence-corrected chi connectivity index (χ4v) is 4.35. The maximum Gasteiger partial charge on any atom is 0.262 e. The van der Waals surface area contributed by atoms with E-state index in [0.29, 0.717) is 10.9 Å². The fourth-order valence-electron chi connectivity index (χ4n) is 3.02. The van der Waals surface area contributed by atoms with Crippen molar-refractivity contribution in [2.75, 3.05) is 0 Å². The third-order valence-corrected chi connectivity index (χ3v) is 6.35. The van der Waals surface area contributed by atoms with Crippen LogP contribution in [0.2, 0.25) is 0 Å². The third-order valence-electron chi connectivity index (χ3n) is 4.50. The number of carbonyl (C=O) groups is 1. The van der Waals surface area contributed by atoms with Crippen LogP contribution < -0.4 is 5.32 Å². The highest BCUT2D eigenvalue weighted by atomic mass is 79.9. The molecule has 6 heteroatoms. The molecule has 0 aliphatic heterocycles.